The average molecular weight is 188 g/mol. The van der Waals surface area contributed by atoms with Crippen LogP contribution in [0.15, 0.2) is 30.7 Å². The Hall–Kier alpha value is -1.84. The Bertz CT molecular complexity index is 394. The highest BCUT2D eigenvalue weighted by molar-refractivity contribution is 5.42. The minimum Gasteiger partial charge on any atom is -0.363 e. The molecule has 0 unspecified atom stereocenters. The number of anilines is 1. The van der Waals surface area contributed by atoms with Crippen molar-refractivity contribution < 1.29 is 0 Å². The van der Waals surface area contributed by atoms with E-state index in [1.54, 1.807) is 12.4 Å². The summed E-state index contributed by atoms with van der Waals surface area (Å²) < 4.78 is 0. The van der Waals surface area contributed by atoms with Gasteiger partial charge in [-0.2, -0.15) is 0 Å². The summed E-state index contributed by atoms with van der Waals surface area (Å²) in [5, 5.41) is 3.21. The second-order valence-electron chi connectivity index (χ2n) is 3.06. The van der Waals surface area contributed by atoms with Crippen LogP contribution >= 0.6 is 0 Å². The van der Waals surface area contributed by atoms with Crippen molar-refractivity contribution in [2.45, 2.75) is 13.5 Å². The first-order chi connectivity index (χ1) is 6.86. The molecule has 0 atom stereocenters. The lowest BCUT2D eigenvalue weighted by Crippen LogP contribution is -2.03. The average Bonchev–Trinajstić information content (AvgIpc) is 2.69. The molecule has 0 saturated heterocycles. The zero-order chi connectivity index (χ0) is 9.80. The van der Waals surface area contributed by atoms with E-state index < -0.39 is 0 Å². The Morgan fingerprint density at radius 1 is 1.36 bits per heavy atom. The van der Waals surface area contributed by atoms with Crippen LogP contribution in [0.5, 0.6) is 0 Å². The SMILES string of the molecule is Cc1cccnc1NCc1ncc[nH]1. The molecule has 0 aliphatic rings. The fourth-order valence-corrected chi connectivity index (χ4v) is 1.23. The molecule has 2 N–H and O–H groups in total. The van der Waals surface area contributed by atoms with Gasteiger partial charge in [0.25, 0.3) is 0 Å². The van der Waals surface area contributed by atoms with E-state index in [4.69, 9.17) is 0 Å². The summed E-state index contributed by atoms with van der Waals surface area (Å²) in [6.45, 7) is 2.70. The molecule has 72 valence electrons. The van der Waals surface area contributed by atoms with Crippen LogP contribution in [0.25, 0.3) is 0 Å². The largest absolute Gasteiger partial charge is 0.363 e. The van der Waals surface area contributed by atoms with Gasteiger partial charge in [-0.3, -0.25) is 0 Å². The first-order valence-electron chi connectivity index (χ1n) is 4.50. The molecule has 0 saturated carbocycles. The number of aryl methyl sites for hydroxylation is 1. The van der Waals surface area contributed by atoms with Gasteiger partial charge in [-0.1, -0.05) is 6.07 Å². The van der Waals surface area contributed by atoms with Crippen LogP contribution in [0.3, 0.4) is 0 Å². The Morgan fingerprint density at radius 3 is 3.00 bits per heavy atom. The van der Waals surface area contributed by atoms with Crippen molar-refractivity contribution in [2.75, 3.05) is 5.32 Å². The van der Waals surface area contributed by atoms with Gasteiger partial charge in [0.15, 0.2) is 0 Å². The molecule has 2 aromatic heterocycles. The van der Waals surface area contributed by atoms with Crippen LogP contribution in [-0.4, -0.2) is 15.0 Å². The molecule has 14 heavy (non-hydrogen) atoms. The normalized spacial score (nSPS) is 10.1. The lowest BCUT2D eigenvalue weighted by atomic mass is 10.3. The highest BCUT2D eigenvalue weighted by atomic mass is 15.0. The van der Waals surface area contributed by atoms with E-state index in [0.29, 0.717) is 6.54 Å². The number of rotatable bonds is 3. The first kappa shape index (κ1) is 8.74. The number of nitrogens with one attached hydrogen (secondary N) is 2. The number of imidazole rings is 1. The van der Waals surface area contributed by atoms with Gasteiger partial charge in [0.2, 0.25) is 0 Å². The van der Waals surface area contributed by atoms with Crippen LogP contribution in [0.4, 0.5) is 5.82 Å². The number of hydrogen-bond donors (Lipinski definition) is 2. The van der Waals surface area contributed by atoms with Gasteiger partial charge in [0.05, 0.1) is 6.54 Å². The molecule has 2 aromatic rings. The quantitative estimate of drug-likeness (QED) is 0.771. The summed E-state index contributed by atoms with van der Waals surface area (Å²) in [7, 11) is 0. The van der Waals surface area contributed by atoms with Crippen molar-refractivity contribution in [3.63, 3.8) is 0 Å². The molecule has 0 aliphatic heterocycles. The number of aromatic nitrogens is 3. The summed E-state index contributed by atoms with van der Waals surface area (Å²) in [5.74, 6) is 1.82. The fraction of sp³-hybridized carbons (Fsp3) is 0.200. The molecule has 0 spiro atoms. The van der Waals surface area contributed by atoms with E-state index in [1.807, 2.05) is 25.3 Å². The molecular formula is C10H12N4. The maximum Gasteiger partial charge on any atom is 0.129 e. The minimum atomic E-state index is 0.671. The molecule has 4 nitrogen and oxygen atoms in total. The highest BCUT2D eigenvalue weighted by Crippen LogP contribution is 2.09. The summed E-state index contributed by atoms with van der Waals surface area (Å²) in [6.07, 6.45) is 5.32. The predicted octanol–water partition coefficient (Wildman–Crippen LogP) is 1.73. The van der Waals surface area contributed by atoms with Crippen molar-refractivity contribution in [2.24, 2.45) is 0 Å². The van der Waals surface area contributed by atoms with Crippen LogP contribution in [0, 0.1) is 6.92 Å². The van der Waals surface area contributed by atoms with Crippen LogP contribution in [0.1, 0.15) is 11.4 Å². The molecule has 0 radical (unpaired) electrons. The third-order valence-electron chi connectivity index (χ3n) is 1.99. The van der Waals surface area contributed by atoms with E-state index in [-0.39, 0.29) is 0 Å². The maximum absolute atomic E-state index is 4.22. The van der Waals surface area contributed by atoms with Crippen molar-refractivity contribution in [1.29, 1.82) is 0 Å². The van der Waals surface area contributed by atoms with Gasteiger partial charge in [-0.15, -0.1) is 0 Å². The molecule has 0 aliphatic carbocycles. The molecule has 0 fully saturated rings. The zero-order valence-corrected chi connectivity index (χ0v) is 7.99. The Labute approximate surface area is 82.4 Å². The molecule has 0 amide bonds. The van der Waals surface area contributed by atoms with Gasteiger partial charge >= 0.3 is 0 Å². The zero-order valence-electron chi connectivity index (χ0n) is 7.99. The third kappa shape index (κ3) is 1.90. The third-order valence-corrected chi connectivity index (χ3v) is 1.99. The summed E-state index contributed by atoms with van der Waals surface area (Å²) in [4.78, 5) is 11.4. The summed E-state index contributed by atoms with van der Waals surface area (Å²) in [6, 6.07) is 3.95. The predicted molar refractivity (Wildman–Crippen MR) is 54.9 cm³/mol. The van der Waals surface area contributed by atoms with Crippen molar-refractivity contribution in [3.8, 4) is 0 Å². The van der Waals surface area contributed by atoms with Gasteiger partial charge < -0.3 is 10.3 Å². The Kier molecular flexibility index (Phi) is 2.44. The van der Waals surface area contributed by atoms with Crippen LogP contribution in [0.2, 0.25) is 0 Å². The van der Waals surface area contributed by atoms with E-state index in [0.717, 1.165) is 17.2 Å². The van der Waals surface area contributed by atoms with Gasteiger partial charge in [0.1, 0.15) is 11.6 Å². The molecule has 2 rings (SSSR count). The van der Waals surface area contributed by atoms with E-state index in [2.05, 4.69) is 20.3 Å². The van der Waals surface area contributed by atoms with Crippen LogP contribution in [-0.2, 0) is 6.54 Å². The highest BCUT2D eigenvalue weighted by Gasteiger charge is 1.98. The van der Waals surface area contributed by atoms with Crippen molar-refractivity contribution in [3.05, 3.63) is 42.1 Å². The Morgan fingerprint density at radius 2 is 2.29 bits per heavy atom. The van der Waals surface area contributed by atoms with E-state index in [9.17, 15) is 0 Å². The number of pyridine rings is 1. The second kappa shape index (κ2) is 3.91. The minimum absolute atomic E-state index is 0.671. The number of H-pyrrole nitrogens is 1. The first-order valence-corrected chi connectivity index (χ1v) is 4.50. The van der Waals surface area contributed by atoms with Gasteiger partial charge in [0, 0.05) is 18.6 Å². The van der Waals surface area contributed by atoms with E-state index >= 15 is 0 Å². The number of nitrogens with zero attached hydrogens (tertiary/aromatic N) is 2. The number of hydrogen-bond acceptors (Lipinski definition) is 3. The summed E-state index contributed by atoms with van der Waals surface area (Å²) in [5.41, 5.74) is 1.14. The smallest absolute Gasteiger partial charge is 0.129 e. The monoisotopic (exact) mass is 188 g/mol. The Balaban J connectivity index is 2.02. The lowest BCUT2D eigenvalue weighted by molar-refractivity contribution is 0.984. The fourth-order valence-electron chi connectivity index (χ4n) is 1.23. The molecule has 2 heterocycles. The van der Waals surface area contributed by atoms with Gasteiger partial charge in [-0.05, 0) is 18.6 Å². The molecule has 4 heteroatoms. The molecular weight excluding hydrogens is 176 g/mol. The lowest BCUT2D eigenvalue weighted by Gasteiger charge is -2.05. The standard InChI is InChI=1S/C10H12N4/c1-8-3-2-4-13-10(8)14-7-9-11-5-6-12-9/h2-6H,7H2,1H3,(H,11,12)(H,13,14). The van der Waals surface area contributed by atoms with Crippen molar-refractivity contribution in [1.82, 2.24) is 15.0 Å². The van der Waals surface area contributed by atoms with Crippen molar-refractivity contribution >= 4 is 5.82 Å². The maximum atomic E-state index is 4.22. The topological polar surface area (TPSA) is 53.6 Å². The van der Waals surface area contributed by atoms with E-state index in [1.165, 1.54) is 0 Å². The number of aromatic amines is 1. The van der Waals surface area contributed by atoms with Gasteiger partial charge in [-0.25, -0.2) is 9.97 Å². The molecule has 0 aromatic carbocycles. The molecule has 0 bridgehead atoms. The summed E-state index contributed by atoms with van der Waals surface area (Å²) >= 11 is 0. The second-order valence-corrected chi connectivity index (χ2v) is 3.06. The van der Waals surface area contributed by atoms with Crippen LogP contribution < -0.4 is 5.32 Å².